The van der Waals surface area contributed by atoms with E-state index in [2.05, 4.69) is 9.71 Å². The summed E-state index contributed by atoms with van der Waals surface area (Å²) >= 11 is 1.61. The van der Waals surface area contributed by atoms with E-state index in [9.17, 15) is 4.79 Å². The van der Waals surface area contributed by atoms with Crippen LogP contribution in [0.15, 0.2) is 18.3 Å². The summed E-state index contributed by atoms with van der Waals surface area (Å²) < 4.78 is 3.04. The molecule has 1 saturated carbocycles. The summed E-state index contributed by atoms with van der Waals surface area (Å²) in [6, 6.07) is 3.02. The van der Waals surface area contributed by atoms with Crippen molar-refractivity contribution in [3.8, 4) is 0 Å². The van der Waals surface area contributed by atoms with Crippen LogP contribution in [0.1, 0.15) is 23.2 Å². The fraction of sp³-hybridized carbons (Fsp3) is 0.333. The molecule has 5 heteroatoms. The molecular weight excluding hydrogens is 200 g/mol. The Morgan fingerprint density at radius 3 is 3.07 bits per heavy atom. The van der Waals surface area contributed by atoms with E-state index >= 15 is 0 Å². The van der Waals surface area contributed by atoms with E-state index in [0.29, 0.717) is 11.1 Å². The molecular formula is C9H10N2O2S. The van der Waals surface area contributed by atoms with E-state index < -0.39 is 5.97 Å². The van der Waals surface area contributed by atoms with Crippen molar-refractivity contribution in [2.75, 3.05) is 4.72 Å². The van der Waals surface area contributed by atoms with Crippen molar-refractivity contribution in [2.24, 2.45) is 0 Å². The van der Waals surface area contributed by atoms with Gasteiger partial charge in [0.1, 0.15) is 5.82 Å². The molecule has 1 aromatic rings. The Morgan fingerprint density at radius 2 is 2.43 bits per heavy atom. The second kappa shape index (κ2) is 3.88. The van der Waals surface area contributed by atoms with Gasteiger partial charge in [-0.15, -0.1) is 0 Å². The van der Waals surface area contributed by atoms with E-state index in [1.807, 2.05) is 0 Å². The number of anilines is 1. The maximum Gasteiger partial charge on any atom is 0.335 e. The Kier molecular flexibility index (Phi) is 2.58. The van der Waals surface area contributed by atoms with Crippen molar-refractivity contribution in [3.05, 3.63) is 23.9 Å². The first-order valence-electron chi connectivity index (χ1n) is 4.37. The molecule has 0 amide bonds. The third-order valence-corrected chi connectivity index (χ3v) is 2.99. The molecule has 0 unspecified atom stereocenters. The number of hydrogen-bond donors (Lipinski definition) is 2. The minimum atomic E-state index is -0.924. The summed E-state index contributed by atoms with van der Waals surface area (Å²) in [5.74, 6) is -0.311. The maximum absolute atomic E-state index is 10.6. The van der Waals surface area contributed by atoms with Crippen molar-refractivity contribution in [1.82, 2.24) is 4.98 Å². The van der Waals surface area contributed by atoms with E-state index in [1.165, 1.54) is 31.2 Å². The number of carboxylic acids is 1. The van der Waals surface area contributed by atoms with Crippen molar-refractivity contribution in [1.29, 1.82) is 0 Å². The number of hydrogen-bond acceptors (Lipinski definition) is 4. The fourth-order valence-electron chi connectivity index (χ4n) is 0.949. The molecule has 2 rings (SSSR count). The van der Waals surface area contributed by atoms with Gasteiger partial charge in [0.15, 0.2) is 0 Å². The molecule has 4 nitrogen and oxygen atoms in total. The lowest BCUT2D eigenvalue weighted by Crippen LogP contribution is -1.99. The van der Waals surface area contributed by atoms with Gasteiger partial charge >= 0.3 is 5.97 Å². The number of carbonyl (C=O) groups is 1. The average Bonchev–Trinajstić information content (AvgIpc) is 2.99. The first-order valence-corrected chi connectivity index (χ1v) is 5.24. The number of aromatic carboxylic acids is 1. The smallest absolute Gasteiger partial charge is 0.335 e. The van der Waals surface area contributed by atoms with Gasteiger partial charge in [0.25, 0.3) is 0 Å². The zero-order valence-electron chi connectivity index (χ0n) is 7.43. The lowest BCUT2D eigenvalue weighted by atomic mass is 10.3. The van der Waals surface area contributed by atoms with Gasteiger partial charge in [-0.3, -0.25) is 0 Å². The molecule has 0 radical (unpaired) electrons. The number of rotatable bonds is 4. The molecule has 1 heterocycles. The highest BCUT2D eigenvalue weighted by Gasteiger charge is 2.22. The molecule has 0 spiro atoms. The van der Waals surface area contributed by atoms with E-state index in [0.717, 1.165) is 0 Å². The molecule has 0 bridgehead atoms. The fourth-order valence-corrected chi connectivity index (χ4v) is 1.72. The van der Waals surface area contributed by atoms with E-state index in [-0.39, 0.29) is 5.56 Å². The van der Waals surface area contributed by atoms with Gasteiger partial charge in [-0.1, -0.05) is 0 Å². The summed E-state index contributed by atoms with van der Waals surface area (Å²) in [6.45, 7) is 0. The van der Waals surface area contributed by atoms with Crippen molar-refractivity contribution < 1.29 is 9.90 Å². The first-order chi connectivity index (χ1) is 6.75. The van der Waals surface area contributed by atoms with Crippen LogP contribution in [0.2, 0.25) is 0 Å². The lowest BCUT2D eigenvalue weighted by molar-refractivity contribution is 0.0697. The molecule has 2 N–H and O–H groups in total. The van der Waals surface area contributed by atoms with Crippen LogP contribution in [0, 0.1) is 0 Å². The maximum atomic E-state index is 10.6. The average molecular weight is 210 g/mol. The SMILES string of the molecule is O=C(O)c1ccnc(NSC2CC2)c1. The Morgan fingerprint density at radius 1 is 1.64 bits per heavy atom. The normalized spacial score (nSPS) is 15.1. The van der Waals surface area contributed by atoms with Crippen LogP contribution in [0.4, 0.5) is 5.82 Å². The number of nitrogens with zero attached hydrogens (tertiary/aromatic N) is 1. The van der Waals surface area contributed by atoms with E-state index in [4.69, 9.17) is 5.11 Å². The second-order valence-electron chi connectivity index (χ2n) is 3.15. The van der Waals surface area contributed by atoms with Gasteiger partial charge in [-0.05, 0) is 36.9 Å². The molecule has 0 aromatic carbocycles. The lowest BCUT2D eigenvalue weighted by Gasteiger charge is -2.03. The largest absolute Gasteiger partial charge is 0.478 e. The van der Waals surface area contributed by atoms with Crippen molar-refractivity contribution >= 4 is 23.7 Å². The zero-order valence-corrected chi connectivity index (χ0v) is 8.25. The monoisotopic (exact) mass is 210 g/mol. The summed E-state index contributed by atoms with van der Waals surface area (Å²) in [6.07, 6.45) is 3.96. The minimum Gasteiger partial charge on any atom is -0.478 e. The topological polar surface area (TPSA) is 62.2 Å². The van der Waals surface area contributed by atoms with Crippen molar-refractivity contribution in [3.63, 3.8) is 0 Å². The third-order valence-electron chi connectivity index (χ3n) is 1.86. The van der Waals surface area contributed by atoms with Gasteiger partial charge in [0, 0.05) is 11.4 Å². The molecule has 1 aliphatic rings. The minimum absolute atomic E-state index is 0.263. The molecule has 0 atom stereocenters. The van der Waals surface area contributed by atoms with Crippen LogP contribution >= 0.6 is 11.9 Å². The summed E-state index contributed by atoms with van der Waals surface area (Å²) in [5.41, 5.74) is 0.263. The Hall–Kier alpha value is -1.23. The number of carboxylic acid groups (broad SMARTS) is 1. The van der Waals surface area contributed by atoms with Crippen LogP contribution in [0.3, 0.4) is 0 Å². The van der Waals surface area contributed by atoms with Crippen LogP contribution in [0.25, 0.3) is 0 Å². The third kappa shape index (κ3) is 2.38. The zero-order chi connectivity index (χ0) is 9.97. The highest BCUT2D eigenvalue weighted by atomic mass is 32.2. The van der Waals surface area contributed by atoms with Crippen LogP contribution in [0.5, 0.6) is 0 Å². The van der Waals surface area contributed by atoms with Gasteiger partial charge in [0.05, 0.1) is 5.56 Å². The molecule has 0 aliphatic heterocycles. The van der Waals surface area contributed by atoms with Gasteiger partial charge < -0.3 is 9.83 Å². The molecule has 0 saturated heterocycles. The molecule has 74 valence electrons. The van der Waals surface area contributed by atoms with Gasteiger partial charge in [-0.25, -0.2) is 9.78 Å². The van der Waals surface area contributed by atoms with Crippen LogP contribution in [-0.4, -0.2) is 21.3 Å². The molecule has 14 heavy (non-hydrogen) atoms. The summed E-state index contributed by atoms with van der Waals surface area (Å²) in [4.78, 5) is 14.7. The molecule has 1 aromatic heterocycles. The van der Waals surface area contributed by atoms with Crippen LogP contribution in [-0.2, 0) is 0 Å². The van der Waals surface area contributed by atoms with Crippen LogP contribution < -0.4 is 4.72 Å². The summed E-state index contributed by atoms with van der Waals surface area (Å²) in [5, 5.41) is 9.41. The quantitative estimate of drug-likeness (QED) is 0.744. The Balaban J connectivity index is 2.01. The highest BCUT2D eigenvalue weighted by Crippen LogP contribution is 2.33. The van der Waals surface area contributed by atoms with E-state index in [1.54, 1.807) is 11.9 Å². The molecule has 1 aliphatic carbocycles. The summed E-state index contributed by atoms with van der Waals surface area (Å²) in [7, 11) is 0. The number of pyridine rings is 1. The predicted octanol–water partition coefficient (Wildman–Crippen LogP) is 2.00. The number of aromatic nitrogens is 1. The Bertz CT molecular complexity index is 352. The predicted molar refractivity (Wildman–Crippen MR) is 55.4 cm³/mol. The Labute approximate surface area is 85.9 Å². The van der Waals surface area contributed by atoms with Crippen molar-refractivity contribution in [2.45, 2.75) is 18.1 Å². The number of nitrogens with one attached hydrogen (secondary N) is 1. The van der Waals surface area contributed by atoms with Gasteiger partial charge in [0.2, 0.25) is 0 Å². The first kappa shape index (κ1) is 9.33. The molecule has 1 fully saturated rings. The standard InChI is InChI=1S/C9H10N2O2S/c12-9(13)6-3-4-10-8(5-6)11-14-7-1-2-7/h3-5,7H,1-2H2,(H,10,11)(H,12,13). The highest BCUT2D eigenvalue weighted by molar-refractivity contribution is 8.01. The van der Waals surface area contributed by atoms with Gasteiger partial charge in [-0.2, -0.15) is 0 Å². The second-order valence-corrected chi connectivity index (χ2v) is 4.26.